The number of carboxylic acid groups (broad SMARTS) is 1. The van der Waals surface area contributed by atoms with Gasteiger partial charge in [0.15, 0.2) is 0 Å². The summed E-state index contributed by atoms with van der Waals surface area (Å²) in [5.41, 5.74) is 5.69. The van der Waals surface area contributed by atoms with Crippen LogP contribution in [0.5, 0.6) is 0 Å². The highest BCUT2D eigenvalue weighted by atomic mass is 35.5. The number of aromatic carboxylic acids is 1. The fourth-order valence-electron chi connectivity index (χ4n) is 1.65. The molecule has 0 spiro atoms. The van der Waals surface area contributed by atoms with E-state index in [2.05, 4.69) is 4.72 Å². The number of nitrogens with one attached hydrogen (secondary N) is 1. The van der Waals surface area contributed by atoms with Gasteiger partial charge < -0.3 is 10.8 Å². The van der Waals surface area contributed by atoms with Crippen molar-refractivity contribution in [1.82, 2.24) is 0 Å². The molecule has 0 saturated carbocycles. The number of sulfonamides is 1. The van der Waals surface area contributed by atoms with Crippen LogP contribution >= 0.6 is 23.2 Å². The Balaban J connectivity index is 2.40. The maximum absolute atomic E-state index is 12.3. The number of hydrogen-bond donors (Lipinski definition) is 3. The predicted octanol–water partition coefficient (Wildman–Crippen LogP) is 3.07. The third kappa shape index (κ3) is 3.44. The molecule has 9 heteroatoms. The minimum atomic E-state index is -3.98. The first-order valence-electron chi connectivity index (χ1n) is 5.81. The molecule has 2 aromatic carbocycles. The van der Waals surface area contributed by atoms with Crippen molar-refractivity contribution in [2.45, 2.75) is 4.90 Å². The Labute approximate surface area is 136 Å². The van der Waals surface area contributed by atoms with E-state index in [1.165, 1.54) is 24.3 Å². The lowest BCUT2D eigenvalue weighted by Gasteiger charge is -2.10. The number of carboxylic acids is 1. The van der Waals surface area contributed by atoms with E-state index in [-0.39, 0.29) is 31.9 Å². The Morgan fingerprint density at radius 1 is 1.14 bits per heavy atom. The average Bonchev–Trinajstić information content (AvgIpc) is 2.44. The number of carbonyl (C=O) groups is 1. The quantitative estimate of drug-likeness (QED) is 0.725. The van der Waals surface area contributed by atoms with Gasteiger partial charge in [-0.15, -0.1) is 0 Å². The molecular weight excluding hydrogens is 351 g/mol. The molecule has 0 aliphatic carbocycles. The summed E-state index contributed by atoms with van der Waals surface area (Å²) in [6.45, 7) is 0. The van der Waals surface area contributed by atoms with Gasteiger partial charge in [-0.1, -0.05) is 29.3 Å². The van der Waals surface area contributed by atoms with Crippen molar-refractivity contribution in [3.8, 4) is 0 Å². The van der Waals surface area contributed by atoms with Crippen molar-refractivity contribution in [3.63, 3.8) is 0 Å². The first-order chi connectivity index (χ1) is 10.2. The summed E-state index contributed by atoms with van der Waals surface area (Å²) in [7, 11) is -3.98. The zero-order valence-corrected chi connectivity index (χ0v) is 13.2. The number of nitrogen functional groups attached to an aromatic ring is 1. The summed E-state index contributed by atoms with van der Waals surface area (Å²) in [5, 5.41) is 8.92. The molecule has 2 rings (SSSR count). The van der Waals surface area contributed by atoms with E-state index in [1.807, 2.05) is 0 Å². The van der Waals surface area contributed by atoms with Crippen molar-refractivity contribution in [3.05, 3.63) is 52.0 Å². The van der Waals surface area contributed by atoms with Crippen LogP contribution in [0.3, 0.4) is 0 Å². The minimum Gasteiger partial charge on any atom is -0.478 e. The maximum Gasteiger partial charge on any atom is 0.335 e. The third-order valence-corrected chi connectivity index (χ3v) is 4.71. The van der Waals surface area contributed by atoms with Crippen LogP contribution in [-0.2, 0) is 10.0 Å². The number of benzene rings is 2. The second-order valence-electron chi connectivity index (χ2n) is 4.29. The highest BCUT2D eigenvalue weighted by Crippen LogP contribution is 2.31. The third-order valence-electron chi connectivity index (χ3n) is 2.72. The van der Waals surface area contributed by atoms with E-state index in [0.717, 1.165) is 12.1 Å². The van der Waals surface area contributed by atoms with Gasteiger partial charge in [0.05, 0.1) is 26.2 Å². The van der Waals surface area contributed by atoms with Crippen molar-refractivity contribution in [2.75, 3.05) is 10.5 Å². The molecule has 22 heavy (non-hydrogen) atoms. The van der Waals surface area contributed by atoms with Crippen LogP contribution in [0.2, 0.25) is 10.0 Å². The Kier molecular flexibility index (Phi) is 4.50. The second-order valence-corrected chi connectivity index (χ2v) is 6.79. The van der Waals surface area contributed by atoms with Crippen LogP contribution < -0.4 is 10.5 Å². The van der Waals surface area contributed by atoms with E-state index in [9.17, 15) is 13.2 Å². The maximum atomic E-state index is 12.3. The number of rotatable bonds is 4. The van der Waals surface area contributed by atoms with Gasteiger partial charge in [0.25, 0.3) is 10.0 Å². The first-order valence-corrected chi connectivity index (χ1v) is 8.05. The SMILES string of the molecule is Nc1c(Cl)cc(S(=O)(=O)Nc2cccc(C(=O)O)c2)cc1Cl. The lowest BCUT2D eigenvalue weighted by atomic mass is 10.2. The van der Waals surface area contributed by atoms with Gasteiger partial charge in [0.2, 0.25) is 0 Å². The van der Waals surface area contributed by atoms with E-state index >= 15 is 0 Å². The molecule has 0 radical (unpaired) electrons. The molecule has 0 aliphatic rings. The highest BCUT2D eigenvalue weighted by molar-refractivity contribution is 7.92. The Bertz CT molecular complexity index is 830. The van der Waals surface area contributed by atoms with Crippen molar-refractivity contribution in [2.24, 2.45) is 0 Å². The van der Waals surface area contributed by atoms with Crippen LogP contribution in [0.4, 0.5) is 11.4 Å². The number of anilines is 2. The van der Waals surface area contributed by atoms with Crippen LogP contribution in [0.1, 0.15) is 10.4 Å². The summed E-state index contributed by atoms with van der Waals surface area (Å²) in [6.07, 6.45) is 0. The molecule has 116 valence electrons. The lowest BCUT2D eigenvalue weighted by molar-refractivity contribution is 0.0697. The van der Waals surface area contributed by atoms with Crippen LogP contribution in [0, 0.1) is 0 Å². The molecule has 2 aromatic rings. The largest absolute Gasteiger partial charge is 0.478 e. The van der Waals surface area contributed by atoms with Gasteiger partial charge >= 0.3 is 5.97 Å². The standard InChI is InChI=1S/C13H10Cl2N2O4S/c14-10-5-9(6-11(15)12(10)16)22(20,21)17-8-3-1-2-7(4-8)13(18)19/h1-6,17H,16H2,(H,18,19). The highest BCUT2D eigenvalue weighted by Gasteiger charge is 2.18. The number of halogens is 2. The Hall–Kier alpha value is -1.96. The van der Waals surface area contributed by atoms with Crippen molar-refractivity contribution < 1.29 is 18.3 Å². The number of nitrogens with two attached hydrogens (primary N) is 1. The molecule has 0 fully saturated rings. The van der Waals surface area contributed by atoms with Crippen LogP contribution in [0.25, 0.3) is 0 Å². The van der Waals surface area contributed by atoms with Gasteiger partial charge in [-0.2, -0.15) is 0 Å². The summed E-state index contributed by atoms with van der Waals surface area (Å²) in [5.74, 6) is -1.17. The zero-order valence-electron chi connectivity index (χ0n) is 10.9. The molecule has 0 aliphatic heterocycles. The van der Waals surface area contributed by atoms with Gasteiger partial charge in [-0.25, -0.2) is 13.2 Å². The minimum absolute atomic E-state index is 0.00663. The molecule has 6 nitrogen and oxygen atoms in total. The first kappa shape index (κ1) is 16.4. The zero-order chi connectivity index (χ0) is 16.5. The second kappa shape index (κ2) is 6.04. The summed E-state index contributed by atoms with van der Waals surface area (Å²) < 4.78 is 26.8. The summed E-state index contributed by atoms with van der Waals surface area (Å²) in [4.78, 5) is 10.7. The van der Waals surface area contributed by atoms with E-state index < -0.39 is 16.0 Å². The molecular formula is C13H10Cl2N2O4S. The molecule has 0 saturated heterocycles. The Morgan fingerprint density at radius 3 is 2.27 bits per heavy atom. The fourth-order valence-corrected chi connectivity index (χ4v) is 3.36. The molecule has 4 N–H and O–H groups in total. The molecule has 0 aromatic heterocycles. The van der Waals surface area contributed by atoms with Crippen molar-refractivity contribution >= 4 is 50.6 Å². The van der Waals surface area contributed by atoms with E-state index in [0.29, 0.717) is 0 Å². The molecule has 0 atom stereocenters. The average molecular weight is 361 g/mol. The monoisotopic (exact) mass is 360 g/mol. The van der Waals surface area contributed by atoms with E-state index in [4.69, 9.17) is 34.0 Å². The summed E-state index contributed by atoms with van der Waals surface area (Å²) in [6, 6.07) is 7.70. The molecule has 0 bridgehead atoms. The molecule has 0 heterocycles. The van der Waals surface area contributed by atoms with Gasteiger partial charge in [0, 0.05) is 5.69 Å². The smallest absolute Gasteiger partial charge is 0.335 e. The van der Waals surface area contributed by atoms with Gasteiger partial charge in [-0.3, -0.25) is 4.72 Å². The van der Waals surface area contributed by atoms with Crippen molar-refractivity contribution in [1.29, 1.82) is 0 Å². The lowest BCUT2D eigenvalue weighted by Crippen LogP contribution is -2.13. The van der Waals surface area contributed by atoms with E-state index in [1.54, 1.807) is 0 Å². The summed E-state index contributed by atoms with van der Waals surface area (Å²) >= 11 is 11.6. The fraction of sp³-hybridized carbons (Fsp3) is 0. The Morgan fingerprint density at radius 2 is 1.73 bits per heavy atom. The van der Waals surface area contributed by atoms with Crippen LogP contribution in [0.15, 0.2) is 41.3 Å². The normalized spacial score (nSPS) is 11.2. The van der Waals surface area contributed by atoms with Gasteiger partial charge in [-0.05, 0) is 30.3 Å². The molecule has 0 amide bonds. The predicted molar refractivity (Wildman–Crippen MR) is 85.1 cm³/mol. The number of hydrogen-bond acceptors (Lipinski definition) is 4. The topological polar surface area (TPSA) is 109 Å². The van der Waals surface area contributed by atoms with Gasteiger partial charge in [0.1, 0.15) is 0 Å². The molecule has 0 unspecified atom stereocenters. The van der Waals surface area contributed by atoms with Crippen LogP contribution in [-0.4, -0.2) is 19.5 Å².